The molecule has 0 aromatic carbocycles. The predicted molar refractivity (Wildman–Crippen MR) is 69.2 cm³/mol. The minimum Gasteiger partial charge on any atom is -0.358 e. The number of carbonyl (C=O) groups excluding carboxylic acids is 1. The minimum absolute atomic E-state index is 0.0294. The summed E-state index contributed by atoms with van der Waals surface area (Å²) in [5, 5.41) is 17.7. The van der Waals surface area contributed by atoms with Crippen LogP contribution in [0.2, 0.25) is 0 Å². The van der Waals surface area contributed by atoms with Gasteiger partial charge in [-0.1, -0.05) is 6.92 Å². The van der Waals surface area contributed by atoms with Crippen LogP contribution >= 0.6 is 0 Å². The van der Waals surface area contributed by atoms with E-state index in [9.17, 15) is 4.79 Å². The van der Waals surface area contributed by atoms with Crippen LogP contribution in [-0.4, -0.2) is 63.7 Å². The van der Waals surface area contributed by atoms with Gasteiger partial charge in [-0.2, -0.15) is 0 Å². The highest BCUT2D eigenvalue weighted by Gasteiger charge is 2.29. The maximum absolute atomic E-state index is 11.9. The number of hydrogen-bond donors (Lipinski definition) is 2. The maximum atomic E-state index is 11.9. The van der Waals surface area contributed by atoms with Gasteiger partial charge in [0.2, 0.25) is 5.91 Å². The van der Waals surface area contributed by atoms with E-state index in [1.165, 1.54) is 0 Å². The number of nitrogens with zero attached hydrogens (tertiary/aromatic N) is 5. The standard InChI is InChI=1S/C11H21N7O/c1-3-5-18-10(14-15-16-18)8-17-6-4-13-7-9(17)11(19)12-2/h9,13H,3-8H2,1-2H3,(H,12,19). The van der Waals surface area contributed by atoms with Crippen LogP contribution in [0.1, 0.15) is 19.2 Å². The van der Waals surface area contributed by atoms with Crippen molar-refractivity contribution in [3.63, 3.8) is 0 Å². The van der Waals surface area contributed by atoms with Gasteiger partial charge >= 0.3 is 0 Å². The number of likely N-dealkylation sites (N-methyl/N-ethyl adjacent to an activating group) is 1. The van der Waals surface area contributed by atoms with Gasteiger partial charge in [0.25, 0.3) is 0 Å². The van der Waals surface area contributed by atoms with Crippen LogP contribution in [0.15, 0.2) is 0 Å². The molecule has 1 aliphatic heterocycles. The molecule has 106 valence electrons. The van der Waals surface area contributed by atoms with Crippen LogP contribution < -0.4 is 10.6 Å². The summed E-state index contributed by atoms with van der Waals surface area (Å²) in [4.78, 5) is 14.0. The average molecular weight is 267 g/mol. The van der Waals surface area contributed by atoms with Crippen LogP contribution in [0.4, 0.5) is 0 Å². The number of piperazine rings is 1. The molecule has 1 atom stereocenters. The summed E-state index contributed by atoms with van der Waals surface area (Å²) in [7, 11) is 1.66. The van der Waals surface area contributed by atoms with Crippen molar-refractivity contribution in [3.05, 3.63) is 5.82 Å². The highest BCUT2D eigenvalue weighted by atomic mass is 16.2. The largest absolute Gasteiger partial charge is 0.358 e. The highest BCUT2D eigenvalue weighted by molar-refractivity contribution is 5.81. The molecule has 1 aromatic rings. The lowest BCUT2D eigenvalue weighted by molar-refractivity contribution is -0.126. The van der Waals surface area contributed by atoms with E-state index in [1.54, 1.807) is 7.05 Å². The van der Waals surface area contributed by atoms with Gasteiger partial charge in [-0.25, -0.2) is 4.68 Å². The zero-order chi connectivity index (χ0) is 13.7. The second-order valence-electron chi connectivity index (χ2n) is 4.62. The van der Waals surface area contributed by atoms with Gasteiger partial charge in [-0.05, 0) is 16.8 Å². The second kappa shape index (κ2) is 6.58. The van der Waals surface area contributed by atoms with E-state index in [2.05, 4.69) is 38.0 Å². The van der Waals surface area contributed by atoms with Gasteiger partial charge in [-0.3, -0.25) is 9.69 Å². The van der Waals surface area contributed by atoms with E-state index in [4.69, 9.17) is 0 Å². The van der Waals surface area contributed by atoms with Gasteiger partial charge in [0.05, 0.1) is 6.54 Å². The molecule has 0 radical (unpaired) electrons. The number of aromatic nitrogens is 4. The van der Waals surface area contributed by atoms with Crippen LogP contribution in [0.5, 0.6) is 0 Å². The molecule has 1 fully saturated rings. The quantitative estimate of drug-likeness (QED) is 0.682. The van der Waals surface area contributed by atoms with Crippen molar-refractivity contribution in [1.82, 2.24) is 35.7 Å². The minimum atomic E-state index is -0.162. The lowest BCUT2D eigenvalue weighted by atomic mass is 10.1. The Hall–Kier alpha value is -1.54. The number of hydrogen-bond acceptors (Lipinski definition) is 6. The van der Waals surface area contributed by atoms with Crippen LogP contribution in [0, 0.1) is 0 Å². The number of nitrogens with one attached hydrogen (secondary N) is 2. The van der Waals surface area contributed by atoms with Crippen molar-refractivity contribution in [3.8, 4) is 0 Å². The van der Waals surface area contributed by atoms with Crippen molar-refractivity contribution >= 4 is 5.91 Å². The molecule has 1 unspecified atom stereocenters. The summed E-state index contributed by atoms with van der Waals surface area (Å²) >= 11 is 0. The third-order valence-electron chi connectivity index (χ3n) is 3.29. The molecule has 0 spiro atoms. The fourth-order valence-corrected chi connectivity index (χ4v) is 2.26. The second-order valence-corrected chi connectivity index (χ2v) is 4.62. The molecule has 2 heterocycles. The first-order valence-corrected chi connectivity index (χ1v) is 6.67. The molecule has 1 amide bonds. The number of aryl methyl sites for hydroxylation is 1. The fraction of sp³-hybridized carbons (Fsp3) is 0.818. The Morgan fingerprint density at radius 3 is 3.16 bits per heavy atom. The van der Waals surface area contributed by atoms with E-state index in [0.717, 1.165) is 31.9 Å². The lowest BCUT2D eigenvalue weighted by Gasteiger charge is -2.34. The molecular formula is C11H21N7O. The summed E-state index contributed by atoms with van der Waals surface area (Å²) in [5.74, 6) is 0.847. The molecule has 0 aliphatic carbocycles. The first-order chi connectivity index (χ1) is 9.26. The SMILES string of the molecule is CCCn1nnnc1CN1CCNCC1C(=O)NC. The Labute approximate surface area is 112 Å². The number of rotatable bonds is 5. The molecular weight excluding hydrogens is 246 g/mol. The van der Waals surface area contributed by atoms with Crippen LogP contribution in [0.3, 0.4) is 0 Å². The van der Waals surface area contributed by atoms with E-state index in [-0.39, 0.29) is 11.9 Å². The van der Waals surface area contributed by atoms with E-state index >= 15 is 0 Å². The van der Waals surface area contributed by atoms with E-state index < -0.39 is 0 Å². The highest BCUT2D eigenvalue weighted by Crippen LogP contribution is 2.08. The molecule has 1 aromatic heterocycles. The van der Waals surface area contributed by atoms with E-state index in [0.29, 0.717) is 13.1 Å². The molecule has 8 nitrogen and oxygen atoms in total. The molecule has 1 saturated heterocycles. The third-order valence-corrected chi connectivity index (χ3v) is 3.29. The molecule has 2 rings (SSSR count). The molecule has 0 bridgehead atoms. The maximum Gasteiger partial charge on any atom is 0.238 e. The average Bonchev–Trinajstić information content (AvgIpc) is 2.86. The Balaban J connectivity index is 2.06. The summed E-state index contributed by atoms with van der Waals surface area (Å²) in [5.41, 5.74) is 0. The van der Waals surface area contributed by atoms with Gasteiger partial charge in [0, 0.05) is 33.2 Å². The molecule has 8 heteroatoms. The zero-order valence-electron chi connectivity index (χ0n) is 11.5. The van der Waals surface area contributed by atoms with Crippen molar-refractivity contribution in [1.29, 1.82) is 0 Å². The Morgan fingerprint density at radius 2 is 2.42 bits per heavy atom. The molecule has 19 heavy (non-hydrogen) atoms. The van der Waals surface area contributed by atoms with Gasteiger partial charge in [0.15, 0.2) is 5.82 Å². The number of carbonyl (C=O) groups is 1. The third kappa shape index (κ3) is 3.27. The van der Waals surface area contributed by atoms with Gasteiger partial charge in [0.1, 0.15) is 6.04 Å². The van der Waals surface area contributed by atoms with Crippen molar-refractivity contribution in [2.75, 3.05) is 26.7 Å². The van der Waals surface area contributed by atoms with Crippen molar-refractivity contribution < 1.29 is 4.79 Å². The first kappa shape index (κ1) is 13.9. The Bertz CT molecular complexity index is 419. The first-order valence-electron chi connectivity index (χ1n) is 6.67. The smallest absolute Gasteiger partial charge is 0.238 e. The van der Waals surface area contributed by atoms with E-state index in [1.807, 2.05) is 4.68 Å². The fourth-order valence-electron chi connectivity index (χ4n) is 2.26. The van der Waals surface area contributed by atoms with Gasteiger partial charge in [-0.15, -0.1) is 5.10 Å². The predicted octanol–water partition coefficient (Wildman–Crippen LogP) is -1.40. The van der Waals surface area contributed by atoms with Crippen molar-refractivity contribution in [2.45, 2.75) is 32.5 Å². The summed E-state index contributed by atoms with van der Waals surface area (Å²) in [6, 6.07) is -0.162. The summed E-state index contributed by atoms with van der Waals surface area (Å²) in [6.07, 6.45) is 0.985. The van der Waals surface area contributed by atoms with Crippen molar-refractivity contribution in [2.24, 2.45) is 0 Å². The number of tetrazole rings is 1. The lowest BCUT2D eigenvalue weighted by Crippen LogP contribution is -2.57. The molecule has 2 N–H and O–H groups in total. The summed E-state index contributed by atoms with van der Waals surface area (Å²) in [6.45, 7) is 5.85. The van der Waals surface area contributed by atoms with Crippen LogP contribution in [-0.2, 0) is 17.9 Å². The zero-order valence-corrected chi connectivity index (χ0v) is 11.5. The topological polar surface area (TPSA) is 88.0 Å². The van der Waals surface area contributed by atoms with Gasteiger partial charge < -0.3 is 10.6 Å². The number of amides is 1. The Kier molecular flexibility index (Phi) is 4.80. The Morgan fingerprint density at radius 1 is 1.58 bits per heavy atom. The monoisotopic (exact) mass is 267 g/mol. The summed E-state index contributed by atoms with van der Waals surface area (Å²) < 4.78 is 1.81. The van der Waals surface area contributed by atoms with Crippen LogP contribution in [0.25, 0.3) is 0 Å². The molecule has 1 aliphatic rings. The molecule has 0 saturated carbocycles. The normalized spacial score (nSPS) is 20.4.